The van der Waals surface area contributed by atoms with Gasteiger partial charge in [0.15, 0.2) is 34.2 Å². The van der Waals surface area contributed by atoms with Crippen LogP contribution in [0, 0.1) is 25.7 Å². The summed E-state index contributed by atoms with van der Waals surface area (Å²) in [5.41, 5.74) is 11.5. The number of nitrogens with zero attached hydrogens (tertiary/aromatic N) is 6. The second-order valence-corrected chi connectivity index (χ2v) is 22.1. The molecule has 2 fully saturated rings. The number of carboxylic acid groups (broad SMARTS) is 1. The molecule has 0 spiro atoms. The lowest BCUT2D eigenvalue weighted by Crippen LogP contribution is -2.25. The number of hydrogen-bond donors (Lipinski definition) is 2. The second kappa shape index (κ2) is 29.7. The van der Waals surface area contributed by atoms with Gasteiger partial charge in [-0.2, -0.15) is 0 Å². The molecule has 2 aliphatic rings. The van der Waals surface area contributed by atoms with Crippen molar-refractivity contribution in [2.24, 2.45) is 11.8 Å². The van der Waals surface area contributed by atoms with Gasteiger partial charge in [0.05, 0.1) is 63.9 Å². The van der Waals surface area contributed by atoms with E-state index >= 15 is 0 Å². The average molecular weight is 1230 g/mol. The van der Waals surface area contributed by atoms with Gasteiger partial charge in [0.1, 0.15) is 34.4 Å². The molecule has 0 bridgehead atoms. The first-order valence-electron chi connectivity index (χ1n) is 29.7. The van der Waals surface area contributed by atoms with E-state index in [9.17, 15) is 24.3 Å². The Balaban J connectivity index is 0.000000166. The summed E-state index contributed by atoms with van der Waals surface area (Å²) >= 11 is 0. The summed E-state index contributed by atoms with van der Waals surface area (Å²) in [5.74, 6) is 4.52. The lowest BCUT2D eigenvalue weighted by molar-refractivity contribution is 0.0609. The van der Waals surface area contributed by atoms with Crippen molar-refractivity contribution >= 4 is 39.4 Å². The minimum atomic E-state index is -1.19. The molecule has 0 atom stereocenters. The molecule has 0 saturated carbocycles. The maximum Gasteiger partial charge on any atom is 0.341 e. The number of anilines is 1. The van der Waals surface area contributed by atoms with Gasteiger partial charge in [0.25, 0.3) is 0 Å². The molecule has 2 aliphatic heterocycles. The molecule has 10 aromatic rings. The number of hydrogen-bond acceptors (Lipinski definition) is 17. The van der Waals surface area contributed by atoms with Crippen LogP contribution in [0.3, 0.4) is 0 Å². The number of carbonyl (C=O) groups excluding carboxylic acids is 1. The smallest absolute Gasteiger partial charge is 0.341 e. The van der Waals surface area contributed by atoms with Gasteiger partial charge in [-0.15, -0.1) is 0 Å². The third-order valence-corrected chi connectivity index (χ3v) is 15.8. The lowest BCUT2D eigenvalue weighted by atomic mass is 9.98. The quantitative estimate of drug-likeness (QED) is 0.0758. The number of aromatic carboxylic acids is 1. The molecule has 0 aliphatic carbocycles. The lowest BCUT2D eigenvalue weighted by Gasteiger charge is -2.23. The molecular formula is C71H71N7O13. The number of ether oxygens (including phenoxy) is 8. The molecule has 6 aromatic heterocycles. The van der Waals surface area contributed by atoms with Gasteiger partial charge in [-0.05, 0) is 111 Å². The number of methoxy groups -OCH3 is 4. The van der Waals surface area contributed by atoms with Crippen LogP contribution in [0.5, 0.6) is 46.0 Å². The average Bonchev–Trinajstić information content (AvgIpc) is 1.12. The maximum absolute atomic E-state index is 13.7. The molecule has 3 N–H and O–H groups in total. The maximum atomic E-state index is 13.7. The van der Waals surface area contributed by atoms with E-state index in [1.165, 1.54) is 6.20 Å². The van der Waals surface area contributed by atoms with Gasteiger partial charge in [-0.1, -0.05) is 59.7 Å². The highest BCUT2D eigenvalue weighted by Crippen LogP contribution is 2.39. The zero-order valence-electron chi connectivity index (χ0n) is 51.6. The highest BCUT2D eigenvalue weighted by atomic mass is 16.5. The van der Waals surface area contributed by atoms with Gasteiger partial charge in [-0.3, -0.25) is 29.3 Å². The minimum absolute atomic E-state index is 0.0146. The number of pyridine rings is 6. The molecular weight excluding hydrogens is 1160 g/mol. The van der Waals surface area contributed by atoms with E-state index in [0.717, 1.165) is 97.2 Å². The fourth-order valence-electron chi connectivity index (χ4n) is 10.8. The number of ketones is 1. The van der Waals surface area contributed by atoms with E-state index in [1.807, 2.05) is 95.9 Å². The van der Waals surface area contributed by atoms with Gasteiger partial charge in [0.2, 0.25) is 5.43 Å². The topological polar surface area (TPSA) is 250 Å². The SMILES string of the molecule is COc1cc2nccc(Oc3ccc(CC(=O)c4cn(CC5CCOCC5)cc(-c5ccc(C)cc5)c4=O)nc3)c2cc1OC.COc1cc2nccc(Oc3ccc(N)nc3)c2cc1OC.Cc1ccc(-c2cn(CC3CCOCC3)cc(C(=O)O)c2=O)cc1. The van der Waals surface area contributed by atoms with Gasteiger partial charge >= 0.3 is 5.97 Å². The number of rotatable bonds is 18. The Kier molecular flexibility index (Phi) is 20.8. The number of aromatic nitrogens is 6. The number of fused-ring (bicyclic) bond motifs is 2. The van der Waals surface area contributed by atoms with E-state index < -0.39 is 11.4 Å². The summed E-state index contributed by atoms with van der Waals surface area (Å²) in [6.07, 6.45) is 17.1. The predicted octanol–water partition coefficient (Wildman–Crippen LogP) is 12.4. The summed E-state index contributed by atoms with van der Waals surface area (Å²) in [4.78, 5) is 68.5. The molecule has 0 radical (unpaired) electrons. The normalized spacial score (nSPS) is 13.3. The fourth-order valence-corrected chi connectivity index (χ4v) is 10.8. The number of carbonyl (C=O) groups is 2. The number of Topliss-reactive ketones (excluding diaryl/α,β-unsaturated/α-hetero) is 1. The van der Waals surface area contributed by atoms with Gasteiger partial charge < -0.3 is 57.9 Å². The molecule has 0 amide bonds. The number of carboxylic acids is 1. The van der Waals surface area contributed by atoms with Crippen molar-refractivity contribution in [1.82, 2.24) is 29.1 Å². The van der Waals surface area contributed by atoms with E-state index in [0.29, 0.717) is 92.5 Å². The Morgan fingerprint density at radius 1 is 0.527 bits per heavy atom. The van der Waals surface area contributed by atoms with Crippen molar-refractivity contribution in [3.05, 3.63) is 207 Å². The first-order valence-corrected chi connectivity index (χ1v) is 29.7. The molecule has 20 nitrogen and oxygen atoms in total. The van der Waals surface area contributed by atoms with E-state index in [2.05, 4.69) is 19.9 Å². The van der Waals surface area contributed by atoms with Crippen molar-refractivity contribution in [3.8, 4) is 68.2 Å². The molecule has 91 heavy (non-hydrogen) atoms. The molecule has 468 valence electrons. The van der Waals surface area contributed by atoms with Crippen LogP contribution in [-0.4, -0.2) is 101 Å². The van der Waals surface area contributed by atoms with E-state index in [-0.39, 0.29) is 28.8 Å². The largest absolute Gasteiger partial charge is 0.493 e. The zero-order chi connectivity index (χ0) is 64.0. The summed E-state index contributed by atoms with van der Waals surface area (Å²) in [5, 5.41) is 10.9. The Hall–Kier alpha value is -10.4. The van der Waals surface area contributed by atoms with Crippen LogP contribution in [0.2, 0.25) is 0 Å². The molecule has 8 heterocycles. The minimum Gasteiger partial charge on any atom is -0.493 e. The molecule has 2 saturated heterocycles. The van der Waals surface area contributed by atoms with Gasteiger partial charge in [-0.25, -0.2) is 9.78 Å². The molecule has 4 aromatic carbocycles. The van der Waals surface area contributed by atoms with Crippen LogP contribution in [0.25, 0.3) is 44.1 Å². The standard InChI is InChI=1S/C36H35N3O6.C19H21NO4.C16H15N3O3/c1-23-4-6-25(7-5-23)29-21-39(20-24-11-14-44-15-12-24)22-30(36(29)41)32(40)16-26-8-9-27(19-38-26)45-33-10-13-37-31-18-35(43-3)34(42-2)17-28(31)33;1-13-2-4-15(5-3-13)16-11-20(10-14-6-8-24-9-7-14)12-17(18(16)21)19(22)23;1-20-14-7-11-12(8-15(14)21-2)18-6-5-13(11)22-10-3-4-16(17)19-9-10/h4-10,13,17-19,21-22,24H,11-12,14-16,20H2,1-3H3;2-5,11-12,14H,6-10H2,1H3,(H,22,23);3-9H,1-2H3,(H2,17,19). The number of benzene rings is 4. The number of nitrogens with two attached hydrogens (primary N) is 1. The van der Waals surface area contributed by atoms with Crippen molar-refractivity contribution in [1.29, 1.82) is 0 Å². The highest BCUT2D eigenvalue weighted by Gasteiger charge is 2.23. The Morgan fingerprint density at radius 3 is 1.37 bits per heavy atom. The van der Waals surface area contributed by atoms with E-state index in [4.69, 9.17) is 43.6 Å². The summed E-state index contributed by atoms with van der Waals surface area (Å²) in [6.45, 7) is 8.33. The molecule has 20 heteroatoms. The third-order valence-electron chi connectivity index (χ3n) is 15.8. The van der Waals surface area contributed by atoms with Crippen molar-refractivity contribution in [3.63, 3.8) is 0 Å². The first-order chi connectivity index (χ1) is 44.2. The monoisotopic (exact) mass is 1230 g/mol. The van der Waals surface area contributed by atoms with Crippen LogP contribution in [0.4, 0.5) is 5.82 Å². The van der Waals surface area contributed by atoms with Crippen LogP contribution in [0.1, 0.15) is 63.2 Å². The first kappa shape index (κ1) is 63.6. The number of nitrogen functional groups attached to an aromatic ring is 1. The van der Waals surface area contributed by atoms with Gasteiger partial charge in [0, 0.05) is 116 Å². The highest BCUT2D eigenvalue weighted by molar-refractivity contribution is 5.98. The summed E-state index contributed by atoms with van der Waals surface area (Å²) in [7, 11) is 6.32. The zero-order valence-corrected chi connectivity index (χ0v) is 51.6. The van der Waals surface area contributed by atoms with Crippen molar-refractivity contribution in [2.45, 2.75) is 59.0 Å². The van der Waals surface area contributed by atoms with Crippen molar-refractivity contribution < 1.29 is 52.6 Å². The van der Waals surface area contributed by atoms with Crippen molar-refractivity contribution in [2.75, 3.05) is 60.6 Å². The van der Waals surface area contributed by atoms with Crippen LogP contribution < -0.4 is 45.0 Å². The molecule has 12 rings (SSSR count). The fraction of sp³-hybridized carbons (Fsp3) is 0.268. The Bertz CT molecular complexity index is 4300. The molecule has 0 unspecified atom stereocenters. The third kappa shape index (κ3) is 15.9. The summed E-state index contributed by atoms with van der Waals surface area (Å²) < 4.78 is 48.2. The number of aryl methyl sites for hydroxylation is 2. The van der Waals surface area contributed by atoms with E-state index in [1.54, 1.807) is 108 Å². The summed E-state index contributed by atoms with van der Waals surface area (Å²) in [6, 6.07) is 33.1. The Morgan fingerprint density at radius 2 is 0.956 bits per heavy atom. The Labute approximate surface area is 525 Å². The second-order valence-electron chi connectivity index (χ2n) is 22.1. The predicted molar refractivity (Wildman–Crippen MR) is 347 cm³/mol. The van der Waals surface area contributed by atoms with Crippen LogP contribution >= 0.6 is 0 Å². The van der Waals surface area contributed by atoms with Crippen LogP contribution in [-0.2, 0) is 29.0 Å². The van der Waals surface area contributed by atoms with Crippen LogP contribution in [0.15, 0.2) is 168 Å².